The molecule has 0 aliphatic carbocycles. The van der Waals surface area contributed by atoms with E-state index in [1.807, 2.05) is 32.0 Å². The van der Waals surface area contributed by atoms with Gasteiger partial charge in [-0.1, -0.05) is 32.0 Å². The number of amides is 1. The molecule has 1 N–H and O–H groups in total. The molecule has 29 heavy (non-hydrogen) atoms. The molecule has 0 fully saturated rings. The van der Waals surface area contributed by atoms with Crippen LogP contribution in [0.15, 0.2) is 48.5 Å². The van der Waals surface area contributed by atoms with E-state index in [0.29, 0.717) is 30.3 Å². The largest absolute Gasteiger partial charge is 0.486 e. The van der Waals surface area contributed by atoms with Gasteiger partial charge >= 0.3 is 6.61 Å². The second-order valence-electron chi connectivity index (χ2n) is 6.91. The summed E-state index contributed by atoms with van der Waals surface area (Å²) in [6.07, 6.45) is 3.03. The molecule has 154 valence electrons. The fraction of sp³-hybridized carbons (Fsp3) is 0.318. The van der Waals surface area contributed by atoms with Gasteiger partial charge < -0.3 is 19.5 Å². The first kappa shape index (κ1) is 20.6. The summed E-state index contributed by atoms with van der Waals surface area (Å²) in [4.78, 5) is 12.4. The average Bonchev–Trinajstić information content (AvgIpc) is 2.70. The van der Waals surface area contributed by atoms with Crippen LogP contribution in [0.2, 0.25) is 0 Å². The molecule has 0 radical (unpaired) electrons. The van der Waals surface area contributed by atoms with E-state index >= 15 is 0 Å². The van der Waals surface area contributed by atoms with E-state index in [-0.39, 0.29) is 23.6 Å². The molecule has 7 heteroatoms. The van der Waals surface area contributed by atoms with Crippen molar-refractivity contribution < 1.29 is 27.8 Å². The zero-order valence-electron chi connectivity index (χ0n) is 16.2. The highest BCUT2D eigenvalue weighted by atomic mass is 19.3. The fourth-order valence-electron chi connectivity index (χ4n) is 3.02. The fourth-order valence-corrected chi connectivity index (χ4v) is 3.02. The van der Waals surface area contributed by atoms with Crippen LogP contribution in [0, 0.1) is 5.92 Å². The Balaban J connectivity index is 1.66. The number of alkyl halides is 2. The smallest absolute Gasteiger partial charge is 0.387 e. The van der Waals surface area contributed by atoms with Gasteiger partial charge in [0.1, 0.15) is 19.0 Å². The highest BCUT2D eigenvalue weighted by Crippen LogP contribution is 2.34. The molecular weight excluding hydrogens is 380 g/mol. The van der Waals surface area contributed by atoms with Crippen molar-refractivity contribution in [3.05, 3.63) is 59.7 Å². The van der Waals surface area contributed by atoms with Crippen LogP contribution in [-0.2, 0) is 4.79 Å². The molecule has 1 heterocycles. The van der Waals surface area contributed by atoms with E-state index in [1.54, 1.807) is 18.2 Å². The van der Waals surface area contributed by atoms with Crippen molar-refractivity contribution in [2.45, 2.75) is 26.5 Å². The summed E-state index contributed by atoms with van der Waals surface area (Å²) in [5.74, 6) is 1.34. The molecule has 0 saturated carbocycles. The molecule has 0 spiro atoms. The van der Waals surface area contributed by atoms with Gasteiger partial charge in [0.2, 0.25) is 5.91 Å². The Morgan fingerprint density at radius 3 is 2.41 bits per heavy atom. The predicted octanol–water partition coefficient (Wildman–Crippen LogP) is 4.59. The maximum Gasteiger partial charge on any atom is 0.387 e. The summed E-state index contributed by atoms with van der Waals surface area (Å²) in [6.45, 7) is 2.20. The van der Waals surface area contributed by atoms with Gasteiger partial charge in [-0.25, -0.2) is 0 Å². The topological polar surface area (TPSA) is 56.8 Å². The summed E-state index contributed by atoms with van der Waals surface area (Å²) in [5, 5.41) is 3.00. The third-order valence-corrected chi connectivity index (χ3v) is 4.42. The number of fused-ring (bicyclic) bond motifs is 1. The van der Waals surface area contributed by atoms with E-state index in [4.69, 9.17) is 9.47 Å². The SMILES string of the molecule is CC(C)C(NC(=O)/C=C/c1ccc(OC(F)F)cc1)c1ccc2c(c1)OCCO2. The minimum atomic E-state index is -2.87. The van der Waals surface area contributed by atoms with Gasteiger partial charge in [0.25, 0.3) is 0 Å². The summed E-state index contributed by atoms with van der Waals surface area (Å²) in [6, 6.07) is 11.5. The van der Waals surface area contributed by atoms with E-state index in [9.17, 15) is 13.6 Å². The number of nitrogens with one attached hydrogen (secondary N) is 1. The summed E-state index contributed by atoms with van der Waals surface area (Å²) in [7, 11) is 0. The van der Waals surface area contributed by atoms with Crippen molar-refractivity contribution >= 4 is 12.0 Å². The van der Waals surface area contributed by atoms with Crippen LogP contribution in [-0.4, -0.2) is 25.7 Å². The monoisotopic (exact) mass is 403 g/mol. The van der Waals surface area contributed by atoms with Crippen LogP contribution in [0.5, 0.6) is 17.2 Å². The third kappa shape index (κ3) is 5.70. The van der Waals surface area contributed by atoms with Crippen molar-refractivity contribution in [2.24, 2.45) is 5.92 Å². The molecule has 1 atom stereocenters. The lowest BCUT2D eigenvalue weighted by molar-refractivity contribution is -0.117. The molecule has 1 aliphatic heterocycles. The van der Waals surface area contributed by atoms with Gasteiger partial charge in [0, 0.05) is 6.08 Å². The Labute approximate surface area is 168 Å². The van der Waals surface area contributed by atoms with Gasteiger partial charge in [-0.15, -0.1) is 0 Å². The van der Waals surface area contributed by atoms with Crippen LogP contribution < -0.4 is 19.5 Å². The maximum atomic E-state index is 12.4. The van der Waals surface area contributed by atoms with E-state index < -0.39 is 6.61 Å². The standard InChI is InChI=1S/C22H23F2NO4/c1-14(2)21(16-6-9-18-19(13-16)28-12-11-27-18)25-20(26)10-5-15-3-7-17(8-4-15)29-22(23)24/h3-10,13-14,21-22H,11-12H2,1-2H3,(H,25,26)/b10-5+. The van der Waals surface area contributed by atoms with Crippen molar-refractivity contribution in [1.29, 1.82) is 0 Å². The van der Waals surface area contributed by atoms with E-state index in [0.717, 1.165) is 5.56 Å². The molecular formula is C22H23F2NO4. The molecule has 0 aromatic heterocycles. The lowest BCUT2D eigenvalue weighted by atomic mass is 9.95. The van der Waals surface area contributed by atoms with Crippen molar-refractivity contribution in [3.63, 3.8) is 0 Å². The summed E-state index contributed by atoms with van der Waals surface area (Å²) < 4.78 is 39.9. The van der Waals surface area contributed by atoms with Crippen molar-refractivity contribution in [3.8, 4) is 17.2 Å². The first-order valence-electron chi connectivity index (χ1n) is 9.35. The molecule has 2 aromatic carbocycles. The number of carbonyl (C=O) groups is 1. The first-order valence-corrected chi connectivity index (χ1v) is 9.35. The van der Waals surface area contributed by atoms with Gasteiger partial charge in [-0.05, 0) is 47.4 Å². The number of ether oxygens (including phenoxy) is 3. The summed E-state index contributed by atoms with van der Waals surface area (Å²) >= 11 is 0. The molecule has 1 unspecified atom stereocenters. The Hall–Kier alpha value is -3.09. The Morgan fingerprint density at radius 1 is 1.07 bits per heavy atom. The third-order valence-electron chi connectivity index (χ3n) is 4.42. The van der Waals surface area contributed by atoms with Crippen LogP contribution >= 0.6 is 0 Å². The van der Waals surface area contributed by atoms with E-state index in [2.05, 4.69) is 10.1 Å². The highest BCUT2D eigenvalue weighted by molar-refractivity contribution is 5.92. The van der Waals surface area contributed by atoms with Gasteiger partial charge in [0.15, 0.2) is 11.5 Å². The molecule has 1 aliphatic rings. The number of hydrogen-bond acceptors (Lipinski definition) is 4. The second kappa shape index (κ2) is 9.41. The zero-order chi connectivity index (χ0) is 20.8. The van der Waals surface area contributed by atoms with Crippen molar-refractivity contribution in [1.82, 2.24) is 5.32 Å². The minimum Gasteiger partial charge on any atom is -0.486 e. The molecule has 0 saturated heterocycles. The highest BCUT2D eigenvalue weighted by Gasteiger charge is 2.20. The normalized spacial score (nSPS) is 14.3. The number of halogens is 2. The molecule has 5 nitrogen and oxygen atoms in total. The number of benzene rings is 2. The summed E-state index contributed by atoms with van der Waals surface area (Å²) in [5.41, 5.74) is 1.63. The van der Waals surface area contributed by atoms with Crippen LogP contribution in [0.3, 0.4) is 0 Å². The predicted molar refractivity (Wildman–Crippen MR) is 105 cm³/mol. The van der Waals surface area contributed by atoms with Crippen LogP contribution in [0.25, 0.3) is 6.08 Å². The second-order valence-corrected chi connectivity index (χ2v) is 6.91. The van der Waals surface area contributed by atoms with E-state index in [1.165, 1.54) is 18.2 Å². The number of hydrogen-bond donors (Lipinski definition) is 1. The van der Waals surface area contributed by atoms with Crippen LogP contribution in [0.1, 0.15) is 31.0 Å². The average molecular weight is 403 g/mol. The molecule has 0 bridgehead atoms. The number of carbonyl (C=O) groups excluding carboxylic acids is 1. The van der Waals surface area contributed by atoms with Gasteiger partial charge in [-0.3, -0.25) is 4.79 Å². The van der Waals surface area contributed by atoms with Gasteiger partial charge in [-0.2, -0.15) is 8.78 Å². The maximum absolute atomic E-state index is 12.4. The van der Waals surface area contributed by atoms with Crippen molar-refractivity contribution in [2.75, 3.05) is 13.2 Å². The Morgan fingerprint density at radius 2 is 1.76 bits per heavy atom. The Kier molecular flexibility index (Phi) is 6.69. The molecule has 2 aromatic rings. The lowest BCUT2D eigenvalue weighted by Gasteiger charge is -2.25. The first-order chi connectivity index (χ1) is 13.9. The number of rotatable bonds is 7. The molecule has 3 rings (SSSR count). The van der Waals surface area contributed by atoms with Gasteiger partial charge in [0.05, 0.1) is 6.04 Å². The lowest BCUT2D eigenvalue weighted by Crippen LogP contribution is -2.30. The Bertz CT molecular complexity index is 866. The quantitative estimate of drug-likeness (QED) is 0.688. The van der Waals surface area contributed by atoms with Crippen LogP contribution in [0.4, 0.5) is 8.78 Å². The zero-order valence-corrected chi connectivity index (χ0v) is 16.2. The molecule has 1 amide bonds. The minimum absolute atomic E-state index is 0.0695.